The molecule has 23 heavy (non-hydrogen) atoms. The molecule has 0 aliphatic carbocycles. The second-order valence-electron chi connectivity index (χ2n) is 5.67. The van der Waals surface area contributed by atoms with E-state index < -0.39 is 10.0 Å². The molecule has 1 aromatic heterocycles. The van der Waals surface area contributed by atoms with Crippen LogP contribution in [0, 0.1) is 6.92 Å². The first-order valence-corrected chi connectivity index (χ1v) is 9.11. The predicted octanol–water partition coefficient (Wildman–Crippen LogP) is 2.19. The molecule has 0 radical (unpaired) electrons. The van der Waals surface area contributed by atoms with E-state index in [1.54, 1.807) is 29.9 Å². The highest BCUT2D eigenvalue weighted by Gasteiger charge is 2.34. The Balaban J connectivity index is 1.86. The maximum Gasteiger partial charge on any atom is 0.241 e. The molecular formula is C15H18ClN3O3S. The monoisotopic (exact) mass is 355 g/mol. The zero-order chi connectivity index (χ0) is 16.6. The van der Waals surface area contributed by atoms with Crippen LogP contribution < -0.4 is 4.72 Å². The van der Waals surface area contributed by atoms with Gasteiger partial charge in [0.2, 0.25) is 10.0 Å². The van der Waals surface area contributed by atoms with Gasteiger partial charge in [-0.3, -0.25) is 4.68 Å². The van der Waals surface area contributed by atoms with Crippen LogP contribution in [-0.4, -0.2) is 30.8 Å². The summed E-state index contributed by atoms with van der Waals surface area (Å²) in [5.74, 6) is 0. The van der Waals surface area contributed by atoms with Crippen molar-refractivity contribution in [1.29, 1.82) is 0 Å². The molecule has 1 aromatic carbocycles. The van der Waals surface area contributed by atoms with Crippen LogP contribution in [0.15, 0.2) is 35.5 Å². The average Bonchev–Trinajstić information content (AvgIpc) is 3.09. The lowest BCUT2D eigenvalue weighted by molar-refractivity contribution is 0.102. The summed E-state index contributed by atoms with van der Waals surface area (Å²) >= 11 is 5.94. The minimum absolute atomic E-state index is 0.196. The molecule has 1 saturated heterocycles. The lowest BCUT2D eigenvalue weighted by Gasteiger charge is -2.19. The van der Waals surface area contributed by atoms with Crippen molar-refractivity contribution >= 4 is 21.6 Å². The van der Waals surface area contributed by atoms with E-state index in [1.165, 1.54) is 6.07 Å². The molecule has 2 aromatic rings. The van der Waals surface area contributed by atoms with Crippen LogP contribution >= 0.6 is 11.6 Å². The normalized spacial score (nSPS) is 21.7. The highest BCUT2D eigenvalue weighted by atomic mass is 35.5. The number of aromatic nitrogens is 2. The van der Waals surface area contributed by atoms with E-state index in [1.807, 2.05) is 13.2 Å². The molecule has 8 heteroatoms. The highest BCUT2D eigenvalue weighted by molar-refractivity contribution is 7.89. The van der Waals surface area contributed by atoms with Gasteiger partial charge in [0, 0.05) is 30.4 Å². The van der Waals surface area contributed by atoms with Crippen LogP contribution in [-0.2, 0) is 21.8 Å². The number of aryl methyl sites for hydroxylation is 2. The summed E-state index contributed by atoms with van der Waals surface area (Å²) in [6.07, 6.45) is 3.81. The fraction of sp³-hybridized carbons (Fsp3) is 0.400. The maximum atomic E-state index is 12.7. The summed E-state index contributed by atoms with van der Waals surface area (Å²) in [5, 5.41) is 4.51. The van der Waals surface area contributed by atoms with Crippen molar-refractivity contribution in [2.24, 2.45) is 7.05 Å². The molecule has 124 valence electrons. The highest BCUT2D eigenvalue weighted by Crippen LogP contribution is 2.30. The van der Waals surface area contributed by atoms with E-state index in [4.69, 9.17) is 16.3 Å². The largest absolute Gasteiger partial charge is 0.372 e. The maximum absolute atomic E-state index is 12.7. The molecule has 2 atom stereocenters. The van der Waals surface area contributed by atoms with Crippen molar-refractivity contribution in [1.82, 2.24) is 14.5 Å². The molecule has 0 amide bonds. The quantitative estimate of drug-likeness (QED) is 0.912. The molecule has 6 nitrogen and oxygen atoms in total. The summed E-state index contributed by atoms with van der Waals surface area (Å²) in [7, 11) is -1.86. The second-order valence-corrected chi connectivity index (χ2v) is 7.78. The third-order valence-electron chi connectivity index (χ3n) is 3.89. The van der Waals surface area contributed by atoms with Crippen molar-refractivity contribution in [3.05, 3.63) is 46.7 Å². The van der Waals surface area contributed by atoms with Gasteiger partial charge in [-0.15, -0.1) is 0 Å². The molecular weight excluding hydrogens is 338 g/mol. The van der Waals surface area contributed by atoms with Gasteiger partial charge in [-0.1, -0.05) is 17.7 Å². The first-order chi connectivity index (χ1) is 10.9. The number of halogens is 1. The number of sulfonamides is 1. The molecule has 0 saturated carbocycles. The number of hydrogen-bond donors (Lipinski definition) is 1. The lowest BCUT2D eigenvalue weighted by Crippen LogP contribution is -2.37. The van der Waals surface area contributed by atoms with Gasteiger partial charge in [0.15, 0.2) is 0 Å². The van der Waals surface area contributed by atoms with Gasteiger partial charge >= 0.3 is 0 Å². The molecule has 2 heterocycles. The second kappa shape index (κ2) is 6.24. The summed E-state index contributed by atoms with van der Waals surface area (Å²) < 4.78 is 35.5. The fourth-order valence-electron chi connectivity index (χ4n) is 2.75. The molecule has 0 spiro atoms. The van der Waals surface area contributed by atoms with Crippen LogP contribution in [0.3, 0.4) is 0 Å². The standard InChI is InChI=1S/C15H18ClN3O3S/c1-10-3-4-12(16)7-14(10)23(20,21)18-13-5-6-22-15(13)11-8-17-19(2)9-11/h3-4,7-9,13,15,18H,5-6H2,1-2H3/t13-,15+/m0/s1. The third kappa shape index (κ3) is 3.42. The van der Waals surface area contributed by atoms with Crippen molar-refractivity contribution in [2.45, 2.75) is 30.4 Å². The Bertz CT molecular complexity index is 819. The van der Waals surface area contributed by atoms with Crippen LogP contribution in [0.4, 0.5) is 0 Å². The van der Waals surface area contributed by atoms with E-state index in [-0.39, 0.29) is 17.0 Å². The van der Waals surface area contributed by atoms with Crippen molar-refractivity contribution < 1.29 is 13.2 Å². The first kappa shape index (κ1) is 16.4. The number of benzene rings is 1. The van der Waals surface area contributed by atoms with Crippen molar-refractivity contribution in [3.63, 3.8) is 0 Å². The smallest absolute Gasteiger partial charge is 0.241 e. The summed E-state index contributed by atoms with van der Waals surface area (Å²) in [5.41, 5.74) is 1.51. The van der Waals surface area contributed by atoms with Crippen LogP contribution in [0.25, 0.3) is 0 Å². The molecule has 1 fully saturated rings. The van der Waals surface area contributed by atoms with E-state index in [0.29, 0.717) is 23.6 Å². The minimum atomic E-state index is -3.67. The van der Waals surface area contributed by atoms with Crippen molar-refractivity contribution in [2.75, 3.05) is 6.61 Å². The number of rotatable bonds is 4. The zero-order valence-electron chi connectivity index (χ0n) is 12.9. The summed E-state index contributed by atoms with van der Waals surface area (Å²) in [4.78, 5) is 0.196. The molecule has 1 aliphatic rings. The molecule has 0 unspecified atom stereocenters. The SMILES string of the molecule is Cc1ccc(Cl)cc1S(=O)(=O)N[C@H]1CCO[C@@H]1c1cnn(C)c1. The Morgan fingerprint density at radius 3 is 2.91 bits per heavy atom. The van der Waals surface area contributed by atoms with Gasteiger partial charge in [-0.25, -0.2) is 13.1 Å². The third-order valence-corrected chi connectivity index (χ3v) is 5.76. The Labute approximate surface area is 140 Å². The van der Waals surface area contributed by atoms with Gasteiger partial charge in [0.05, 0.1) is 17.1 Å². The summed E-state index contributed by atoms with van der Waals surface area (Å²) in [6, 6.07) is 4.50. The Hall–Kier alpha value is -1.41. The number of hydrogen-bond acceptors (Lipinski definition) is 4. The molecule has 0 bridgehead atoms. The number of nitrogens with one attached hydrogen (secondary N) is 1. The van der Waals surface area contributed by atoms with E-state index >= 15 is 0 Å². The Kier molecular flexibility index (Phi) is 4.46. The van der Waals surface area contributed by atoms with Crippen molar-refractivity contribution in [3.8, 4) is 0 Å². The zero-order valence-corrected chi connectivity index (χ0v) is 14.4. The fourth-order valence-corrected chi connectivity index (χ4v) is 4.53. The van der Waals surface area contributed by atoms with Gasteiger partial charge < -0.3 is 4.74 Å². The van der Waals surface area contributed by atoms with Crippen LogP contribution in [0.2, 0.25) is 5.02 Å². The first-order valence-electron chi connectivity index (χ1n) is 7.25. The van der Waals surface area contributed by atoms with Gasteiger partial charge in [-0.05, 0) is 31.0 Å². The lowest BCUT2D eigenvalue weighted by atomic mass is 10.1. The molecule has 1 N–H and O–H groups in total. The molecule has 3 rings (SSSR count). The number of ether oxygens (including phenoxy) is 1. The predicted molar refractivity (Wildman–Crippen MR) is 86.8 cm³/mol. The van der Waals surface area contributed by atoms with E-state index in [2.05, 4.69) is 9.82 Å². The Morgan fingerprint density at radius 1 is 1.43 bits per heavy atom. The minimum Gasteiger partial charge on any atom is -0.372 e. The van der Waals surface area contributed by atoms with Gasteiger partial charge in [0.25, 0.3) is 0 Å². The topological polar surface area (TPSA) is 73.2 Å². The summed E-state index contributed by atoms with van der Waals surface area (Å²) in [6.45, 7) is 2.25. The van der Waals surface area contributed by atoms with E-state index in [9.17, 15) is 8.42 Å². The Morgan fingerprint density at radius 2 is 2.22 bits per heavy atom. The van der Waals surface area contributed by atoms with Gasteiger partial charge in [0.1, 0.15) is 6.10 Å². The van der Waals surface area contributed by atoms with Gasteiger partial charge in [-0.2, -0.15) is 5.10 Å². The molecule has 1 aliphatic heterocycles. The van der Waals surface area contributed by atoms with Crippen LogP contribution in [0.1, 0.15) is 23.7 Å². The van der Waals surface area contributed by atoms with Crippen LogP contribution in [0.5, 0.6) is 0 Å². The van der Waals surface area contributed by atoms with E-state index in [0.717, 1.165) is 5.56 Å². The number of nitrogens with zero attached hydrogens (tertiary/aromatic N) is 2. The average molecular weight is 356 g/mol.